The lowest BCUT2D eigenvalue weighted by atomic mass is 9.80. The van der Waals surface area contributed by atoms with Crippen molar-refractivity contribution in [2.24, 2.45) is 0 Å². The molecule has 1 fully saturated rings. The van der Waals surface area contributed by atoms with Crippen LogP contribution in [0.2, 0.25) is 0 Å². The number of amides is 1. The summed E-state index contributed by atoms with van der Waals surface area (Å²) in [5.74, 6) is -0.0825. The molecule has 1 aromatic rings. The van der Waals surface area contributed by atoms with Crippen molar-refractivity contribution < 1.29 is 14.8 Å². The van der Waals surface area contributed by atoms with Crippen molar-refractivity contribution in [3.05, 3.63) is 29.8 Å². The van der Waals surface area contributed by atoms with Crippen molar-refractivity contribution in [2.45, 2.75) is 38.1 Å². The summed E-state index contributed by atoms with van der Waals surface area (Å²) >= 11 is 0. The summed E-state index contributed by atoms with van der Waals surface area (Å²) in [5, 5.41) is 21.0. The maximum absolute atomic E-state index is 12.0. The third-order valence-electron chi connectivity index (χ3n) is 3.41. The van der Waals surface area contributed by atoms with Crippen molar-refractivity contribution >= 4 is 18.5 Å². The number of hydrogen-bond acceptors (Lipinski definition) is 3. The summed E-state index contributed by atoms with van der Waals surface area (Å²) in [6.45, 7) is 0. The van der Waals surface area contributed by atoms with E-state index >= 15 is 0 Å². The van der Waals surface area contributed by atoms with E-state index in [0.717, 1.165) is 12.8 Å². The molecule has 0 aromatic heterocycles. The second-order valence-corrected chi connectivity index (χ2v) is 4.80. The molecule has 96 valence electrons. The minimum Gasteiger partial charge on any atom is -0.423 e. The predicted octanol–water partition coefficient (Wildman–Crippen LogP) is 0.429. The Labute approximate surface area is 107 Å². The number of nitrogens with one attached hydrogen (secondary N) is 1. The number of benzene rings is 1. The molecule has 3 N–H and O–H groups in total. The zero-order valence-electron chi connectivity index (χ0n) is 10.3. The van der Waals surface area contributed by atoms with E-state index in [0.29, 0.717) is 11.0 Å². The number of rotatable bonds is 3. The lowest BCUT2D eigenvalue weighted by Gasteiger charge is -2.22. The van der Waals surface area contributed by atoms with Gasteiger partial charge >= 0.3 is 7.12 Å². The Morgan fingerprint density at radius 2 is 1.72 bits per heavy atom. The molecule has 0 heterocycles. The van der Waals surface area contributed by atoms with Gasteiger partial charge in [0.05, 0.1) is 0 Å². The quantitative estimate of drug-likeness (QED) is 0.678. The highest BCUT2D eigenvalue weighted by molar-refractivity contribution is 6.58. The first-order valence-corrected chi connectivity index (χ1v) is 6.44. The van der Waals surface area contributed by atoms with Crippen LogP contribution in [0.3, 0.4) is 0 Å². The first-order valence-electron chi connectivity index (χ1n) is 6.44. The average molecular weight is 247 g/mol. The van der Waals surface area contributed by atoms with E-state index in [1.807, 2.05) is 0 Å². The van der Waals surface area contributed by atoms with Crippen molar-refractivity contribution in [1.82, 2.24) is 5.32 Å². The van der Waals surface area contributed by atoms with Gasteiger partial charge in [-0.25, -0.2) is 0 Å². The monoisotopic (exact) mass is 247 g/mol. The van der Waals surface area contributed by atoms with E-state index in [9.17, 15) is 4.79 Å². The summed E-state index contributed by atoms with van der Waals surface area (Å²) in [6, 6.07) is 6.63. The molecule has 2 rings (SSSR count). The van der Waals surface area contributed by atoms with Crippen LogP contribution in [-0.2, 0) is 0 Å². The zero-order chi connectivity index (χ0) is 13.0. The smallest absolute Gasteiger partial charge is 0.423 e. The Hall–Kier alpha value is -1.33. The van der Waals surface area contributed by atoms with Crippen LogP contribution in [0.4, 0.5) is 0 Å². The second-order valence-electron chi connectivity index (χ2n) is 4.80. The van der Waals surface area contributed by atoms with Gasteiger partial charge in [-0.2, -0.15) is 0 Å². The largest absolute Gasteiger partial charge is 0.488 e. The van der Waals surface area contributed by atoms with Crippen LogP contribution in [0.15, 0.2) is 24.3 Å². The maximum Gasteiger partial charge on any atom is 0.488 e. The lowest BCUT2D eigenvalue weighted by molar-refractivity contribution is 0.0927. The molecule has 1 amide bonds. The van der Waals surface area contributed by atoms with Crippen LogP contribution in [0.5, 0.6) is 0 Å². The predicted molar refractivity (Wildman–Crippen MR) is 70.6 cm³/mol. The van der Waals surface area contributed by atoms with Gasteiger partial charge in [-0.15, -0.1) is 0 Å². The third kappa shape index (κ3) is 3.34. The molecule has 0 unspecified atom stereocenters. The summed E-state index contributed by atoms with van der Waals surface area (Å²) in [4.78, 5) is 12.0. The van der Waals surface area contributed by atoms with Gasteiger partial charge in [-0.1, -0.05) is 31.4 Å². The van der Waals surface area contributed by atoms with Gasteiger partial charge in [0, 0.05) is 11.6 Å². The van der Waals surface area contributed by atoms with Crippen molar-refractivity contribution in [3.8, 4) is 0 Å². The second kappa shape index (κ2) is 6.02. The minimum absolute atomic E-state index is 0.0825. The van der Waals surface area contributed by atoms with Gasteiger partial charge in [0.2, 0.25) is 0 Å². The highest BCUT2D eigenvalue weighted by atomic mass is 16.4. The molecule has 0 atom stereocenters. The molecule has 1 aromatic carbocycles. The Morgan fingerprint density at radius 3 is 2.28 bits per heavy atom. The average Bonchev–Trinajstić information content (AvgIpc) is 2.40. The van der Waals surface area contributed by atoms with Gasteiger partial charge in [-0.3, -0.25) is 4.79 Å². The molecule has 0 aliphatic heterocycles. The molecule has 0 saturated heterocycles. The third-order valence-corrected chi connectivity index (χ3v) is 3.41. The highest BCUT2D eigenvalue weighted by Crippen LogP contribution is 2.17. The van der Waals surface area contributed by atoms with Crippen LogP contribution >= 0.6 is 0 Å². The van der Waals surface area contributed by atoms with Gasteiger partial charge in [0.1, 0.15) is 0 Å². The van der Waals surface area contributed by atoms with Crippen LogP contribution < -0.4 is 10.8 Å². The molecule has 0 spiro atoms. The molecule has 1 saturated carbocycles. The van der Waals surface area contributed by atoms with Gasteiger partial charge in [0.25, 0.3) is 5.91 Å². The lowest BCUT2D eigenvalue weighted by Crippen LogP contribution is -2.36. The Bertz CT molecular complexity index is 399. The van der Waals surface area contributed by atoms with E-state index < -0.39 is 7.12 Å². The fourth-order valence-corrected chi connectivity index (χ4v) is 2.32. The van der Waals surface area contributed by atoms with Crippen molar-refractivity contribution in [2.75, 3.05) is 0 Å². The molecule has 1 aliphatic rings. The molecule has 0 bridgehead atoms. The molecule has 18 heavy (non-hydrogen) atoms. The van der Waals surface area contributed by atoms with Gasteiger partial charge < -0.3 is 15.4 Å². The van der Waals surface area contributed by atoms with Crippen LogP contribution in [0.1, 0.15) is 42.5 Å². The fraction of sp³-hybridized carbons (Fsp3) is 0.462. The van der Waals surface area contributed by atoms with E-state index in [1.54, 1.807) is 24.3 Å². The molecule has 4 nitrogen and oxygen atoms in total. The number of carbonyl (C=O) groups is 1. The summed E-state index contributed by atoms with van der Waals surface area (Å²) in [5.41, 5.74) is 0.953. The first-order chi connectivity index (χ1) is 8.66. The molecular formula is C13H18BNO3. The standard InChI is InChI=1S/C13H18BNO3/c16-13(15-12-4-2-1-3-5-12)10-6-8-11(9-7-10)14(17)18/h6-9,12,17-18H,1-5H2,(H,15,16). The Balaban J connectivity index is 1.95. The fourth-order valence-electron chi connectivity index (χ4n) is 2.32. The van der Waals surface area contributed by atoms with E-state index in [1.165, 1.54) is 19.3 Å². The van der Waals surface area contributed by atoms with Crippen molar-refractivity contribution in [3.63, 3.8) is 0 Å². The first kappa shape index (κ1) is 13.1. The Kier molecular flexibility index (Phi) is 4.39. The summed E-state index contributed by atoms with van der Waals surface area (Å²) in [7, 11) is -1.49. The SMILES string of the molecule is O=C(NC1CCCCC1)c1ccc(B(O)O)cc1. The summed E-state index contributed by atoms with van der Waals surface area (Å²) < 4.78 is 0. The normalized spacial score (nSPS) is 16.3. The van der Waals surface area contributed by atoms with E-state index in [4.69, 9.17) is 10.0 Å². The molecule has 0 radical (unpaired) electrons. The number of carbonyl (C=O) groups excluding carboxylic acids is 1. The zero-order valence-corrected chi connectivity index (χ0v) is 10.3. The molecular weight excluding hydrogens is 229 g/mol. The Morgan fingerprint density at radius 1 is 1.11 bits per heavy atom. The molecule has 5 heteroatoms. The van der Waals surface area contributed by atoms with Crippen LogP contribution in [0.25, 0.3) is 0 Å². The van der Waals surface area contributed by atoms with E-state index in [-0.39, 0.29) is 11.9 Å². The van der Waals surface area contributed by atoms with Crippen LogP contribution in [0, 0.1) is 0 Å². The minimum atomic E-state index is -1.49. The van der Waals surface area contributed by atoms with Gasteiger partial charge in [0.15, 0.2) is 0 Å². The molecule has 1 aliphatic carbocycles. The van der Waals surface area contributed by atoms with E-state index in [2.05, 4.69) is 5.32 Å². The topological polar surface area (TPSA) is 69.6 Å². The van der Waals surface area contributed by atoms with Crippen LogP contribution in [-0.4, -0.2) is 29.1 Å². The number of hydrogen-bond donors (Lipinski definition) is 3. The maximum atomic E-state index is 12.0. The highest BCUT2D eigenvalue weighted by Gasteiger charge is 2.17. The van der Waals surface area contributed by atoms with Crippen molar-refractivity contribution in [1.29, 1.82) is 0 Å². The summed E-state index contributed by atoms with van der Waals surface area (Å²) in [6.07, 6.45) is 5.73. The van der Waals surface area contributed by atoms with Gasteiger partial charge in [-0.05, 0) is 30.4 Å².